The van der Waals surface area contributed by atoms with Crippen LogP contribution < -0.4 is 10.6 Å². The molecule has 8 heteroatoms. The van der Waals surface area contributed by atoms with Gasteiger partial charge in [0.05, 0.1) is 17.8 Å². The number of para-hydroxylation sites is 1. The molecule has 170 valence electrons. The van der Waals surface area contributed by atoms with Gasteiger partial charge in [0, 0.05) is 33.9 Å². The van der Waals surface area contributed by atoms with Crippen molar-refractivity contribution >= 4 is 44.9 Å². The van der Waals surface area contributed by atoms with Gasteiger partial charge in [0.1, 0.15) is 6.54 Å². The number of pyridine rings is 1. The molecule has 34 heavy (non-hydrogen) atoms. The van der Waals surface area contributed by atoms with Crippen LogP contribution in [0.25, 0.3) is 5.69 Å². The number of hydrogen-bond donors (Lipinski definition) is 2. The third kappa shape index (κ3) is 4.60. The van der Waals surface area contributed by atoms with Crippen molar-refractivity contribution in [2.24, 2.45) is 0 Å². The monoisotopic (exact) mass is 531 g/mol. The van der Waals surface area contributed by atoms with E-state index >= 15 is 0 Å². The number of aromatic nitrogens is 2. The van der Waals surface area contributed by atoms with Crippen LogP contribution in [0.5, 0.6) is 0 Å². The van der Waals surface area contributed by atoms with Crippen molar-refractivity contribution in [3.05, 3.63) is 113 Å². The third-order valence-corrected chi connectivity index (χ3v) is 6.64. The van der Waals surface area contributed by atoms with Crippen LogP contribution in [-0.4, -0.2) is 32.0 Å². The van der Waals surface area contributed by atoms with Gasteiger partial charge in [0.2, 0.25) is 5.91 Å². The number of rotatable bonds is 6. The molecule has 1 saturated heterocycles. The molecule has 5 rings (SSSR count). The van der Waals surface area contributed by atoms with Gasteiger partial charge in [-0.05, 0) is 72.9 Å². The van der Waals surface area contributed by atoms with Gasteiger partial charge in [0.25, 0.3) is 0 Å². The minimum atomic E-state index is -0.234. The zero-order chi connectivity index (χ0) is 23.5. The second-order valence-corrected chi connectivity index (χ2v) is 9.25. The number of benzene rings is 2. The number of hydrogen-bond acceptors (Lipinski definition) is 3. The fourth-order valence-electron chi connectivity index (χ4n) is 4.25. The summed E-state index contributed by atoms with van der Waals surface area (Å²) in [5.41, 5.74) is 3.65. The number of carbonyl (C=O) groups is 1. The predicted molar refractivity (Wildman–Crippen MR) is 141 cm³/mol. The third-order valence-electron chi connectivity index (χ3n) is 5.76. The van der Waals surface area contributed by atoms with E-state index < -0.39 is 0 Å². The second-order valence-electron chi connectivity index (χ2n) is 7.95. The van der Waals surface area contributed by atoms with Crippen LogP contribution in [-0.2, 0) is 4.79 Å². The zero-order valence-corrected chi connectivity index (χ0v) is 20.5. The van der Waals surface area contributed by atoms with Crippen molar-refractivity contribution in [1.82, 2.24) is 19.8 Å². The highest BCUT2D eigenvalue weighted by atomic mass is 79.9. The lowest BCUT2D eigenvalue weighted by Gasteiger charge is -2.28. The molecule has 0 spiro atoms. The van der Waals surface area contributed by atoms with Crippen LogP contribution in [0.15, 0.2) is 102 Å². The standard InChI is InChI=1S/C26H22BrN5OS/c27-18-11-13-20(14-12-18)31-16-6-10-22(31)25-24(21-9-4-5-15-28-21)30-26(34)32(25)17-23(33)29-19-7-2-1-3-8-19/h1-16,24-25H,17H2,(H,29,33)(H,30,34)/t24-,25+/m1/s1. The van der Waals surface area contributed by atoms with Crippen molar-refractivity contribution < 1.29 is 4.79 Å². The molecule has 0 saturated carbocycles. The largest absolute Gasteiger partial charge is 0.352 e. The van der Waals surface area contributed by atoms with E-state index in [9.17, 15) is 4.79 Å². The number of nitrogens with one attached hydrogen (secondary N) is 2. The Balaban J connectivity index is 1.51. The molecule has 0 aliphatic carbocycles. The van der Waals surface area contributed by atoms with Crippen LogP contribution in [0.3, 0.4) is 0 Å². The zero-order valence-electron chi connectivity index (χ0n) is 18.1. The Morgan fingerprint density at radius 1 is 1.00 bits per heavy atom. The molecule has 2 aromatic heterocycles. The van der Waals surface area contributed by atoms with Crippen LogP contribution in [0.1, 0.15) is 23.5 Å². The number of amides is 1. The molecular weight excluding hydrogens is 510 g/mol. The molecule has 1 aliphatic rings. The first-order chi connectivity index (χ1) is 16.6. The fraction of sp³-hybridized carbons (Fsp3) is 0.115. The fourth-order valence-corrected chi connectivity index (χ4v) is 4.82. The maximum atomic E-state index is 13.0. The molecule has 1 amide bonds. The molecule has 3 heterocycles. The summed E-state index contributed by atoms with van der Waals surface area (Å²) in [5, 5.41) is 6.90. The molecule has 1 fully saturated rings. The number of carbonyl (C=O) groups excluding carboxylic acids is 1. The first-order valence-electron chi connectivity index (χ1n) is 10.9. The highest BCUT2D eigenvalue weighted by molar-refractivity contribution is 9.10. The van der Waals surface area contributed by atoms with Crippen molar-refractivity contribution in [2.45, 2.75) is 12.1 Å². The molecule has 2 atom stereocenters. The number of halogens is 1. The Labute approximate surface area is 211 Å². The van der Waals surface area contributed by atoms with Gasteiger partial charge in [-0.25, -0.2) is 0 Å². The van der Waals surface area contributed by atoms with E-state index in [1.54, 1.807) is 6.20 Å². The topological polar surface area (TPSA) is 62.2 Å². The van der Waals surface area contributed by atoms with Gasteiger partial charge in [-0.1, -0.05) is 40.2 Å². The summed E-state index contributed by atoms with van der Waals surface area (Å²) in [6.45, 7) is 0.111. The van der Waals surface area contributed by atoms with E-state index in [0.717, 1.165) is 27.2 Å². The van der Waals surface area contributed by atoms with Gasteiger partial charge in [-0.3, -0.25) is 9.78 Å². The van der Waals surface area contributed by atoms with Crippen molar-refractivity contribution in [1.29, 1.82) is 0 Å². The Bertz CT molecular complexity index is 1290. The Kier molecular flexibility index (Phi) is 6.42. The minimum Gasteiger partial charge on any atom is -0.352 e. The lowest BCUT2D eigenvalue weighted by atomic mass is 10.0. The number of thiocarbonyl (C=S) groups is 1. The molecular formula is C26H22BrN5OS. The molecule has 2 N–H and O–H groups in total. The predicted octanol–water partition coefficient (Wildman–Crippen LogP) is 5.25. The van der Waals surface area contributed by atoms with E-state index in [1.807, 2.05) is 77.8 Å². The lowest BCUT2D eigenvalue weighted by Crippen LogP contribution is -2.37. The second kappa shape index (κ2) is 9.79. The maximum absolute atomic E-state index is 13.0. The minimum absolute atomic E-state index is 0.111. The average molecular weight is 532 g/mol. The van der Waals surface area contributed by atoms with Gasteiger partial charge in [-0.2, -0.15) is 0 Å². The maximum Gasteiger partial charge on any atom is 0.244 e. The molecule has 0 radical (unpaired) electrons. The first-order valence-corrected chi connectivity index (χ1v) is 12.1. The van der Waals surface area contributed by atoms with Crippen LogP contribution in [0.2, 0.25) is 0 Å². The van der Waals surface area contributed by atoms with E-state index in [1.165, 1.54) is 0 Å². The summed E-state index contributed by atoms with van der Waals surface area (Å²) >= 11 is 9.23. The van der Waals surface area contributed by atoms with E-state index in [-0.39, 0.29) is 24.5 Å². The molecule has 0 unspecified atom stereocenters. The lowest BCUT2D eigenvalue weighted by molar-refractivity contribution is -0.116. The highest BCUT2D eigenvalue weighted by Gasteiger charge is 2.42. The summed E-state index contributed by atoms with van der Waals surface area (Å²) in [6.07, 6.45) is 3.80. The summed E-state index contributed by atoms with van der Waals surface area (Å²) in [5.74, 6) is -0.135. The molecule has 6 nitrogen and oxygen atoms in total. The smallest absolute Gasteiger partial charge is 0.244 e. The normalized spacial score (nSPS) is 17.4. The van der Waals surface area contributed by atoms with Crippen molar-refractivity contribution in [2.75, 3.05) is 11.9 Å². The quantitative estimate of drug-likeness (QED) is 0.333. The van der Waals surface area contributed by atoms with Gasteiger partial charge in [-0.15, -0.1) is 0 Å². The molecule has 1 aliphatic heterocycles. The van der Waals surface area contributed by atoms with Gasteiger partial charge in [0.15, 0.2) is 5.11 Å². The Morgan fingerprint density at radius 3 is 2.50 bits per heavy atom. The van der Waals surface area contributed by atoms with E-state index in [4.69, 9.17) is 12.2 Å². The van der Waals surface area contributed by atoms with Crippen LogP contribution in [0, 0.1) is 0 Å². The summed E-state index contributed by atoms with van der Waals surface area (Å²) in [7, 11) is 0. The number of anilines is 1. The van der Waals surface area contributed by atoms with E-state index in [0.29, 0.717) is 5.11 Å². The molecule has 0 bridgehead atoms. The highest BCUT2D eigenvalue weighted by Crippen LogP contribution is 2.39. The first kappa shape index (κ1) is 22.3. The van der Waals surface area contributed by atoms with Gasteiger partial charge < -0.3 is 20.1 Å². The van der Waals surface area contributed by atoms with Crippen molar-refractivity contribution in [3.63, 3.8) is 0 Å². The summed E-state index contributed by atoms with van der Waals surface area (Å²) < 4.78 is 3.14. The van der Waals surface area contributed by atoms with Crippen molar-refractivity contribution in [3.8, 4) is 5.69 Å². The SMILES string of the molecule is O=C(CN1C(=S)N[C@H](c2ccccn2)[C@@H]1c1cccn1-c1ccc(Br)cc1)Nc1ccccc1. The van der Waals surface area contributed by atoms with Gasteiger partial charge >= 0.3 is 0 Å². The Morgan fingerprint density at radius 2 is 1.76 bits per heavy atom. The van der Waals surface area contributed by atoms with Crippen LogP contribution >= 0.6 is 28.1 Å². The molecule has 4 aromatic rings. The summed E-state index contributed by atoms with van der Waals surface area (Å²) in [4.78, 5) is 19.5. The van der Waals surface area contributed by atoms with Crippen LogP contribution in [0.4, 0.5) is 5.69 Å². The summed E-state index contributed by atoms with van der Waals surface area (Å²) in [6, 6.07) is 27.0. The van der Waals surface area contributed by atoms with E-state index in [2.05, 4.69) is 54.3 Å². The average Bonchev–Trinajstić information content (AvgIpc) is 3.45. The molecule has 2 aromatic carbocycles. The number of nitrogens with zero attached hydrogens (tertiary/aromatic N) is 3. The Hall–Kier alpha value is -3.49.